The third-order valence-electron chi connectivity index (χ3n) is 6.53. The van der Waals surface area contributed by atoms with Gasteiger partial charge in [-0.05, 0) is 86.6 Å². The summed E-state index contributed by atoms with van der Waals surface area (Å²) in [6.07, 6.45) is 0. The Morgan fingerprint density at radius 3 is 2.32 bits per heavy atom. The smallest absolute Gasteiger partial charge is 0.262 e. The summed E-state index contributed by atoms with van der Waals surface area (Å²) in [5.41, 5.74) is 3.59. The molecule has 4 aromatic rings. The Labute approximate surface area is 233 Å². The molecule has 0 fully saturated rings. The van der Waals surface area contributed by atoms with Crippen LogP contribution in [0.25, 0.3) is 10.2 Å². The molecule has 1 amide bonds. The average molecular weight is 571 g/mol. The van der Waals surface area contributed by atoms with E-state index in [4.69, 9.17) is 16.6 Å². The molecule has 4 rings (SSSR count). The van der Waals surface area contributed by atoms with Gasteiger partial charge in [0.25, 0.3) is 15.9 Å². The zero-order valence-corrected chi connectivity index (χ0v) is 24.3. The van der Waals surface area contributed by atoms with Gasteiger partial charge in [-0.2, -0.15) is 0 Å². The van der Waals surface area contributed by atoms with Crippen LogP contribution in [-0.2, 0) is 10.0 Å². The zero-order chi connectivity index (χ0) is 27.4. The molecule has 7 nitrogen and oxygen atoms in total. The molecule has 0 aliphatic rings. The summed E-state index contributed by atoms with van der Waals surface area (Å²) in [6.45, 7) is 11.0. The van der Waals surface area contributed by atoms with Gasteiger partial charge in [0.1, 0.15) is 0 Å². The Kier molecular flexibility index (Phi) is 8.72. The predicted octanol–water partition coefficient (Wildman–Crippen LogP) is 6.36. The SMILES string of the molecule is CCN(CC)CCN(C(=O)c1ccccc1NS(=O)(=O)c1ccc(Cl)cc1)c1nc2cc(C)c(C)cc2s1. The Morgan fingerprint density at radius 1 is 0.974 bits per heavy atom. The fourth-order valence-corrected chi connectivity index (χ4v) is 6.35. The number of rotatable bonds is 10. The van der Waals surface area contributed by atoms with Crippen LogP contribution >= 0.6 is 22.9 Å². The maximum Gasteiger partial charge on any atom is 0.262 e. The monoisotopic (exact) mass is 570 g/mol. The largest absolute Gasteiger partial charge is 0.302 e. The van der Waals surface area contributed by atoms with Crippen LogP contribution < -0.4 is 9.62 Å². The minimum Gasteiger partial charge on any atom is -0.302 e. The summed E-state index contributed by atoms with van der Waals surface area (Å²) in [7, 11) is -3.94. The van der Waals surface area contributed by atoms with Gasteiger partial charge in [0, 0.05) is 18.1 Å². The van der Waals surface area contributed by atoms with Gasteiger partial charge >= 0.3 is 0 Å². The molecule has 1 aromatic heterocycles. The molecule has 10 heteroatoms. The van der Waals surface area contributed by atoms with Crippen LogP contribution in [0.15, 0.2) is 65.6 Å². The van der Waals surface area contributed by atoms with Crippen molar-refractivity contribution in [2.75, 3.05) is 35.8 Å². The molecule has 0 unspecified atom stereocenters. The molecule has 3 aromatic carbocycles. The lowest BCUT2D eigenvalue weighted by atomic mass is 10.1. The first kappa shape index (κ1) is 28.0. The van der Waals surface area contributed by atoms with Gasteiger partial charge in [0.15, 0.2) is 5.13 Å². The number of carbonyl (C=O) groups is 1. The molecule has 0 spiro atoms. The van der Waals surface area contributed by atoms with Crippen molar-refractivity contribution in [3.8, 4) is 0 Å². The Bertz CT molecular complexity index is 1510. The molecule has 0 aliphatic carbocycles. The predicted molar refractivity (Wildman–Crippen MR) is 157 cm³/mol. The molecular formula is C28H31ClN4O3S2. The first-order valence-electron chi connectivity index (χ1n) is 12.4. The number of benzene rings is 3. The number of thiazole rings is 1. The molecule has 0 aliphatic heterocycles. The number of nitrogens with one attached hydrogen (secondary N) is 1. The normalized spacial score (nSPS) is 11.7. The molecule has 0 saturated carbocycles. The summed E-state index contributed by atoms with van der Waals surface area (Å²) in [6, 6.07) is 16.6. The Hall–Kier alpha value is -2.98. The number of aromatic nitrogens is 1. The maximum atomic E-state index is 14.1. The molecule has 0 bridgehead atoms. The topological polar surface area (TPSA) is 82.6 Å². The van der Waals surface area contributed by atoms with E-state index in [0.29, 0.717) is 23.2 Å². The number of likely N-dealkylation sites (N-methyl/N-ethyl adjacent to an activating group) is 1. The van der Waals surface area contributed by atoms with Crippen molar-refractivity contribution in [3.63, 3.8) is 0 Å². The number of fused-ring (bicyclic) bond motifs is 1. The van der Waals surface area contributed by atoms with E-state index in [1.807, 2.05) is 13.0 Å². The number of carbonyl (C=O) groups excluding carboxylic acids is 1. The van der Waals surface area contributed by atoms with Gasteiger partial charge in [0.2, 0.25) is 0 Å². The highest BCUT2D eigenvalue weighted by atomic mass is 35.5. The highest BCUT2D eigenvalue weighted by Gasteiger charge is 2.26. The van der Waals surface area contributed by atoms with Gasteiger partial charge in [-0.1, -0.05) is 48.9 Å². The number of anilines is 2. The quantitative estimate of drug-likeness (QED) is 0.240. The molecule has 38 heavy (non-hydrogen) atoms. The molecule has 0 saturated heterocycles. The van der Waals surface area contributed by atoms with Crippen molar-refractivity contribution >= 4 is 59.9 Å². The minimum absolute atomic E-state index is 0.0551. The van der Waals surface area contributed by atoms with E-state index in [2.05, 4.69) is 36.5 Å². The van der Waals surface area contributed by atoms with Gasteiger partial charge in [-0.3, -0.25) is 14.4 Å². The highest BCUT2D eigenvalue weighted by molar-refractivity contribution is 7.92. The van der Waals surface area contributed by atoms with Gasteiger partial charge in [-0.25, -0.2) is 13.4 Å². The van der Waals surface area contributed by atoms with Gasteiger partial charge in [0.05, 0.1) is 26.4 Å². The first-order valence-corrected chi connectivity index (χ1v) is 15.1. The maximum absolute atomic E-state index is 14.1. The molecule has 0 atom stereocenters. The highest BCUT2D eigenvalue weighted by Crippen LogP contribution is 2.32. The summed E-state index contributed by atoms with van der Waals surface area (Å²) >= 11 is 7.39. The van der Waals surface area contributed by atoms with Gasteiger partial charge in [-0.15, -0.1) is 0 Å². The van der Waals surface area contributed by atoms with Gasteiger partial charge < -0.3 is 4.90 Å². The fraction of sp³-hybridized carbons (Fsp3) is 0.286. The van der Waals surface area contributed by atoms with E-state index in [1.165, 1.54) is 35.6 Å². The van der Waals surface area contributed by atoms with Crippen LogP contribution in [0.3, 0.4) is 0 Å². The van der Waals surface area contributed by atoms with Crippen molar-refractivity contribution < 1.29 is 13.2 Å². The Balaban J connectivity index is 1.72. The zero-order valence-electron chi connectivity index (χ0n) is 21.9. The van der Waals surface area contributed by atoms with Crippen molar-refractivity contribution in [2.24, 2.45) is 0 Å². The number of aryl methyl sites for hydroxylation is 2. The van der Waals surface area contributed by atoms with E-state index in [0.717, 1.165) is 34.4 Å². The van der Waals surface area contributed by atoms with E-state index < -0.39 is 10.0 Å². The third-order valence-corrected chi connectivity index (χ3v) is 9.20. The van der Waals surface area contributed by atoms with Crippen LogP contribution in [0, 0.1) is 13.8 Å². The van der Waals surface area contributed by atoms with E-state index in [-0.39, 0.29) is 22.1 Å². The second-order valence-corrected chi connectivity index (χ2v) is 12.1. The van der Waals surface area contributed by atoms with Crippen LogP contribution in [-0.4, -0.2) is 50.4 Å². The van der Waals surface area contributed by atoms with Crippen LogP contribution in [0.4, 0.5) is 10.8 Å². The number of amides is 1. The molecule has 0 radical (unpaired) electrons. The molecule has 1 N–H and O–H groups in total. The first-order chi connectivity index (χ1) is 18.1. The van der Waals surface area contributed by atoms with E-state index >= 15 is 0 Å². The van der Waals surface area contributed by atoms with Crippen LogP contribution in [0.2, 0.25) is 5.02 Å². The van der Waals surface area contributed by atoms with Crippen molar-refractivity contribution in [1.29, 1.82) is 0 Å². The number of sulfonamides is 1. The minimum atomic E-state index is -3.94. The lowest BCUT2D eigenvalue weighted by Crippen LogP contribution is -2.39. The van der Waals surface area contributed by atoms with Crippen LogP contribution in [0.1, 0.15) is 35.3 Å². The third kappa shape index (κ3) is 6.18. The number of hydrogen-bond acceptors (Lipinski definition) is 6. The second-order valence-electron chi connectivity index (χ2n) is 8.99. The Morgan fingerprint density at radius 2 is 1.63 bits per heavy atom. The van der Waals surface area contributed by atoms with Crippen molar-refractivity contribution in [1.82, 2.24) is 9.88 Å². The molecule has 1 heterocycles. The summed E-state index contributed by atoms with van der Waals surface area (Å²) < 4.78 is 29.8. The van der Waals surface area contributed by atoms with Crippen molar-refractivity contribution in [3.05, 3.63) is 82.4 Å². The summed E-state index contributed by atoms with van der Waals surface area (Å²) in [5.74, 6) is -0.320. The van der Waals surface area contributed by atoms with Crippen LogP contribution in [0.5, 0.6) is 0 Å². The summed E-state index contributed by atoms with van der Waals surface area (Å²) in [5, 5.41) is 1.02. The molecule has 200 valence electrons. The summed E-state index contributed by atoms with van der Waals surface area (Å²) in [4.78, 5) is 22.8. The van der Waals surface area contributed by atoms with Crippen molar-refractivity contribution in [2.45, 2.75) is 32.6 Å². The number of halogens is 1. The molecular weight excluding hydrogens is 540 g/mol. The van der Waals surface area contributed by atoms with E-state index in [1.54, 1.807) is 29.2 Å². The second kappa shape index (κ2) is 11.8. The lowest BCUT2D eigenvalue weighted by Gasteiger charge is -2.25. The van der Waals surface area contributed by atoms with E-state index in [9.17, 15) is 13.2 Å². The standard InChI is InChI=1S/C28H31ClN4O3S2/c1-5-32(6-2)15-16-33(28-30-25-17-19(3)20(4)18-26(25)37-28)27(34)23-9-7-8-10-24(23)31-38(35,36)22-13-11-21(29)12-14-22/h7-14,17-18,31H,5-6,15-16H2,1-4H3. The fourth-order valence-electron chi connectivity index (χ4n) is 4.07. The average Bonchev–Trinajstić information content (AvgIpc) is 3.29. The lowest BCUT2D eigenvalue weighted by molar-refractivity contribution is 0.0984. The number of para-hydroxylation sites is 1. The number of hydrogen-bond donors (Lipinski definition) is 1. The number of nitrogens with zero attached hydrogens (tertiary/aromatic N) is 3.